The molecule has 0 aromatic heterocycles. The molecule has 2 aliphatic rings. The van der Waals surface area contributed by atoms with E-state index in [1.807, 2.05) is 18.2 Å². The van der Waals surface area contributed by atoms with Crippen molar-refractivity contribution in [1.82, 2.24) is 10.2 Å². The van der Waals surface area contributed by atoms with Gasteiger partial charge in [-0.2, -0.15) is 0 Å². The Labute approximate surface area is 196 Å². The smallest absolute Gasteiger partial charge is 0.224 e. The van der Waals surface area contributed by atoms with Gasteiger partial charge in [0.25, 0.3) is 0 Å². The van der Waals surface area contributed by atoms with Gasteiger partial charge in [0, 0.05) is 38.2 Å². The van der Waals surface area contributed by atoms with E-state index in [0.29, 0.717) is 32.4 Å². The molecule has 2 heterocycles. The summed E-state index contributed by atoms with van der Waals surface area (Å²) in [6.45, 7) is 6.76. The lowest BCUT2D eigenvalue weighted by molar-refractivity contribution is -0.121. The van der Waals surface area contributed by atoms with Gasteiger partial charge in [-0.3, -0.25) is 14.5 Å². The maximum atomic E-state index is 12.2. The van der Waals surface area contributed by atoms with E-state index < -0.39 is 0 Å². The molecule has 2 aliphatic heterocycles. The highest BCUT2D eigenvalue weighted by Gasteiger charge is 2.16. The fourth-order valence-electron chi connectivity index (χ4n) is 4.61. The van der Waals surface area contributed by atoms with E-state index in [1.54, 1.807) is 0 Å². The second-order valence-electron chi connectivity index (χ2n) is 9.39. The van der Waals surface area contributed by atoms with Crippen LogP contribution in [-0.2, 0) is 29.1 Å². The Hall–Kier alpha value is -2.86. The van der Waals surface area contributed by atoms with Crippen LogP contribution in [0.2, 0.25) is 0 Å². The summed E-state index contributed by atoms with van der Waals surface area (Å²) in [6.07, 6.45) is 4.98. The van der Waals surface area contributed by atoms with Gasteiger partial charge in [0.15, 0.2) is 0 Å². The summed E-state index contributed by atoms with van der Waals surface area (Å²) in [7, 11) is 0. The third kappa shape index (κ3) is 7.06. The van der Waals surface area contributed by atoms with Crippen molar-refractivity contribution >= 4 is 17.5 Å². The monoisotopic (exact) mass is 449 g/mol. The number of hydrogen-bond acceptors (Lipinski definition) is 4. The molecule has 0 aliphatic carbocycles. The lowest BCUT2D eigenvalue weighted by Crippen LogP contribution is -2.33. The average molecular weight is 450 g/mol. The van der Waals surface area contributed by atoms with Gasteiger partial charge in [-0.1, -0.05) is 31.2 Å². The number of anilines is 1. The van der Waals surface area contributed by atoms with Gasteiger partial charge in [0.05, 0.1) is 6.61 Å². The zero-order chi connectivity index (χ0) is 23.0. The van der Waals surface area contributed by atoms with Gasteiger partial charge < -0.3 is 15.4 Å². The van der Waals surface area contributed by atoms with E-state index in [-0.39, 0.29) is 11.8 Å². The van der Waals surface area contributed by atoms with Crippen LogP contribution in [0.4, 0.5) is 5.69 Å². The van der Waals surface area contributed by atoms with Crippen molar-refractivity contribution < 1.29 is 14.3 Å². The van der Waals surface area contributed by atoms with Crippen molar-refractivity contribution in [3.63, 3.8) is 0 Å². The number of carbonyl (C=O) groups excluding carboxylic acids is 2. The number of amides is 2. The molecule has 1 fully saturated rings. The highest BCUT2D eigenvalue weighted by Crippen LogP contribution is 2.27. The molecule has 4 rings (SSSR count). The molecule has 2 aromatic rings. The zero-order valence-corrected chi connectivity index (χ0v) is 19.6. The molecule has 0 radical (unpaired) electrons. The van der Waals surface area contributed by atoms with Crippen molar-refractivity contribution in [3.05, 3.63) is 59.2 Å². The lowest BCUT2D eigenvalue weighted by Gasteiger charge is -2.30. The molecule has 6 nitrogen and oxygen atoms in total. The number of ether oxygens (including phenoxy) is 1. The minimum Gasteiger partial charge on any atom is -0.494 e. The van der Waals surface area contributed by atoms with Crippen molar-refractivity contribution in [3.8, 4) is 5.75 Å². The molecule has 1 unspecified atom stereocenters. The predicted molar refractivity (Wildman–Crippen MR) is 130 cm³/mol. The number of fused-ring (bicyclic) bond motifs is 1. The van der Waals surface area contributed by atoms with Gasteiger partial charge in [0.2, 0.25) is 11.8 Å². The Morgan fingerprint density at radius 2 is 1.97 bits per heavy atom. The van der Waals surface area contributed by atoms with Crippen molar-refractivity contribution in [2.45, 2.75) is 58.5 Å². The molecular formula is C27H35N3O3. The van der Waals surface area contributed by atoms with Crippen LogP contribution in [0.1, 0.15) is 55.7 Å². The van der Waals surface area contributed by atoms with Gasteiger partial charge in [0.1, 0.15) is 5.75 Å². The number of hydrogen-bond donors (Lipinski definition) is 2. The van der Waals surface area contributed by atoms with E-state index in [1.165, 1.54) is 31.5 Å². The van der Waals surface area contributed by atoms with Crippen molar-refractivity contribution in [1.29, 1.82) is 0 Å². The molecule has 6 heteroatoms. The van der Waals surface area contributed by atoms with Crippen LogP contribution in [0.25, 0.3) is 0 Å². The topological polar surface area (TPSA) is 70.7 Å². The highest BCUT2D eigenvalue weighted by molar-refractivity contribution is 5.94. The van der Waals surface area contributed by atoms with Crippen LogP contribution in [0.15, 0.2) is 42.5 Å². The standard InChI is InChI=1S/C27H35N3O3/c1-20-4-2-14-30(18-20)19-22-8-6-21(7-9-22)17-28-26(31)5-3-15-33-24-11-12-25-23(16-24)10-13-27(32)29-25/h6-9,11-12,16,20H,2-5,10,13-15,17-19H2,1H3,(H,28,31)(H,29,32). The minimum absolute atomic E-state index is 0.0399. The summed E-state index contributed by atoms with van der Waals surface area (Å²) in [5.74, 6) is 1.67. The van der Waals surface area contributed by atoms with E-state index in [0.717, 1.165) is 41.4 Å². The number of piperidine rings is 1. The van der Waals surface area contributed by atoms with Crippen molar-refractivity contribution in [2.24, 2.45) is 5.92 Å². The Kier molecular flexibility index (Phi) is 8.00. The van der Waals surface area contributed by atoms with Crippen LogP contribution >= 0.6 is 0 Å². The number of benzene rings is 2. The van der Waals surface area contributed by atoms with Gasteiger partial charge >= 0.3 is 0 Å². The summed E-state index contributed by atoms with van der Waals surface area (Å²) in [6, 6.07) is 14.3. The Morgan fingerprint density at radius 1 is 1.15 bits per heavy atom. The second kappa shape index (κ2) is 11.3. The van der Waals surface area contributed by atoms with E-state index in [2.05, 4.69) is 46.7 Å². The van der Waals surface area contributed by atoms with Gasteiger partial charge in [-0.25, -0.2) is 0 Å². The van der Waals surface area contributed by atoms with Crippen LogP contribution in [0.3, 0.4) is 0 Å². The quantitative estimate of drug-likeness (QED) is 0.561. The number of rotatable bonds is 9. The summed E-state index contributed by atoms with van der Waals surface area (Å²) in [5.41, 5.74) is 4.42. The van der Waals surface area contributed by atoms with Crippen LogP contribution in [0, 0.1) is 5.92 Å². The lowest BCUT2D eigenvalue weighted by atomic mass is 9.99. The molecule has 0 saturated carbocycles. The number of likely N-dealkylation sites (tertiary alicyclic amines) is 1. The van der Waals surface area contributed by atoms with E-state index in [9.17, 15) is 9.59 Å². The first-order valence-corrected chi connectivity index (χ1v) is 12.2. The number of aryl methyl sites for hydroxylation is 1. The molecule has 176 valence electrons. The molecule has 0 bridgehead atoms. The first-order chi connectivity index (χ1) is 16.0. The largest absolute Gasteiger partial charge is 0.494 e. The van der Waals surface area contributed by atoms with Crippen LogP contribution in [0.5, 0.6) is 5.75 Å². The fraction of sp³-hybridized carbons (Fsp3) is 0.481. The van der Waals surface area contributed by atoms with E-state index >= 15 is 0 Å². The maximum Gasteiger partial charge on any atom is 0.224 e. The SMILES string of the molecule is CC1CCCN(Cc2ccc(CNC(=O)CCCOc3ccc4c(c3)CCC(=O)N4)cc2)C1. The number of nitrogens with one attached hydrogen (secondary N) is 2. The zero-order valence-electron chi connectivity index (χ0n) is 19.6. The first-order valence-electron chi connectivity index (χ1n) is 12.2. The summed E-state index contributed by atoms with van der Waals surface area (Å²) >= 11 is 0. The molecular weight excluding hydrogens is 414 g/mol. The van der Waals surface area contributed by atoms with Gasteiger partial charge in [-0.15, -0.1) is 0 Å². The summed E-state index contributed by atoms with van der Waals surface area (Å²) < 4.78 is 5.80. The Bertz CT molecular complexity index is 958. The average Bonchev–Trinajstić information content (AvgIpc) is 2.81. The molecule has 33 heavy (non-hydrogen) atoms. The molecule has 2 amide bonds. The predicted octanol–water partition coefficient (Wildman–Crippen LogP) is 4.28. The van der Waals surface area contributed by atoms with E-state index in [4.69, 9.17) is 4.74 Å². The number of carbonyl (C=O) groups is 2. The summed E-state index contributed by atoms with van der Waals surface area (Å²) in [4.78, 5) is 26.2. The van der Waals surface area contributed by atoms with Crippen LogP contribution < -0.4 is 15.4 Å². The second-order valence-corrected chi connectivity index (χ2v) is 9.39. The highest BCUT2D eigenvalue weighted by atomic mass is 16.5. The van der Waals surface area contributed by atoms with Gasteiger partial charge in [-0.05, 0) is 73.0 Å². The van der Waals surface area contributed by atoms with Crippen molar-refractivity contribution in [2.75, 3.05) is 25.0 Å². The summed E-state index contributed by atoms with van der Waals surface area (Å²) in [5, 5.41) is 5.87. The molecule has 2 N–H and O–H groups in total. The molecule has 0 spiro atoms. The molecule has 2 aromatic carbocycles. The number of nitrogens with zero attached hydrogens (tertiary/aromatic N) is 1. The first kappa shape index (κ1) is 23.3. The third-order valence-electron chi connectivity index (χ3n) is 6.45. The molecule has 1 saturated heterocycles. The maximum absolute atomic E-state index is 12.2. The third-order valence-corrected chi connectivity index (χ3v) is 6.45. The minimum atomic E-state index is 0.0399. The van der Waals surface area contributed by atoms with Crippen LogP contribution in [-0.4, -0.2) is 36.4 Å². The Morgan fingerprint density at radius 3 is 2.79 bits per heavy atom. The normalized spacial score (nSPS) is 18.3. The Balaban J connectivity index is 1.12. The molecule has 1 atom stereocenters. The fourth-order valence-corrected chi connectivity index (χ4v) is 4.61.